The number of rotatable bonds is 5. The first-order valence-electron chi connectivity index (χ1n) is 7.78. The van der Waals surface area contributed by atoms with Gasteiger partial charge in [0.1, 0.15) is 0 Å². The predicted octanol–water partition coefficient (Wildman–Crippen LogP) is 4.62. The van der Waals surface area contributed by atoms with Crippen molar-refractivity contribution in [2.24, 2.45) is 11.8 Å². The molecule has 0 saturated heterocycles. The molecule has 2 rings (SSSR count). The maximum atomic E-state index is 3.81. The molecule has 0 heterocycles. The smallest absolute Gasteiger partial charge is 0.0356 e. The van der Waals surface area contributed by atoms with Gasteiger partial charge >= 0.3 is 0 Å². The van der Waals surface area contributed by atoms with Crippen molar-refractivity contribution in [2.75, 3.05) is 6.54 Å². The Kier molecular flexibility index (Phi) is 4.35. The minimum atomic E-state index is 0.563. The standard InChI is InChI=1S/C18H29N/c1-7-8-19-18(16-10-13(16)4)17-14(5)11(2)9-12(3)15(17)6/h9,13,16,18-19H,7-8,10H2,1-6H3. The quantitative estimate of drug-likeness (QED) is 0.813. The Bertz CT molecular complexity index is 435. The molecule has 1 nitrogen and oxygen atoms in total. The molecule has 1 saturated carbocycles. The molecular formula is C18H29N. The number of hydrogen-bond acceptors (Lipinski definition) is 1. The number of hydrogen-bond donors (Lipinski definition) is 1. The van der Waals surface area contributed by atoms with Gasteiger partial charge in [-0.3, -0.25) is 0 Å². The summed E-state index contributed by atoms with van der Waals surface area (Å²) in [5, 5.41) is 3.81. The van der Waals surface area contributed by atoms with Gasteiger partial charge in [0.25, 0.3) is 0 Å². The maximum Gasteiger partial charge on any atom is 0.0356 e. The van der Waals surface area contributed by atoms with Crippen LogP contribution in [0.3, 0.4) is 0 Å². The summed E-state index contributed by atoms with van der Waals surface area (Å²) in [6.07, 6.45) is 2.59. The van der Waals surface area contributed by atoms with E-state index in [1.54, 1.807) is 5.56 Å². The lowest BCUT2D eigenvalue weighted by molar-refractivity contribution is 0.459. The molecule has 3 atom stereocenters. The average molecular weight is 259 g/mol. The summed E-state index contributed by atoms with van der Waals surface area (Å²) in [6.45, 7) is 14.9. The van der Waals surface area contributed by atoms with E-state index in [-0.39, 0.29) is 0 Å². The molecule has 0 aromatic heterocycles. The SMILES string of the molecule is CCCNC(c1c(C)c(C)cc(C)c1C)C1CC1C. The van der Waals surface area contributed by atoms with Crippen LogP contribution >= 0.6 is 0 Å². The fraction of sp³-hybridized carbons (Fsp3) is 0.667. The van der Waals surface area contributed by atoms with E-state index >= 15 is 0 Å². The molecule has 1 fully saturated rings. The van der Waals surface area contributed by atoms with Crippen molar-refractivity contribution in [3.05, 3.63) is 33.9 Å². The Morgan fingerprint density at radius 3 is 2.11 bits per heavy atom. The minimum Gasteiger partial charge on any atom is -0.310 e. The van der Waals surface area contributed by atoms with E-state index in [4.69, 9.17) is 0 Å². The topological polar surface area (TPSA) is 12.0 Å². The van der Waals surface area contributed by atoms with Gasteiger partial charge in [0.15, 0.2) is 0 Å². The lowest BCUT2D eigenvalue weighted by Crippen LogP contribution is -2.26. The minimum absolute atomic E-state index is 0.563. The normalized spacial score (nSPS) is 23.5. The Balaban J connectivity index is 2.40. The average Bonchev–Trinajstić information content (AvgIpc) is 3.08. The lowest BCUT2D eigenvalue weighted by atomic mass is 9.87. The molecule has 1 aromatic carbocycles. The third kappa shape index (κ3) is 2.86. The van der Waals surface area contributed by atoms with Gasteiger partial charge in [0.05, 0.1) is 0 Å². The van der Waals surface area contributed by atoms with E-state index in [2.05, 4.69) is 52.9 Å². The first-order valence-corrected chi connectivity index (χ1v) is 7.78. The van der Waals surface area contributed by atoms with Crippen molar-refractivity contribution in [2.45, 2.75) is 60.4 Å². The van der Waals surface area contributed by atoms with Crippen LogP contribution in [0.15, 0.2) is 6.07 Å². The molecule has 1 aliphatic rings. The zero-order valence-corrected chi connectivity index (χ0v) is 13.4. The Hall–Kier alpha value is -0.820. The predicted molar refractivity (Wildman–Crippen MR) is 83.7 cm³/mol. The van der Waals surface area contributed by atoms with Crippen molar-refractivity contribution in [3.63, 3.8) is 0 Å². The Morgan fingerprint density at radius 1 is 1.16 bits per heavy atom. The van der Waals surface area contributed by atoms with Crippen LogP contribution < -0.4 is 5.32 Å². The summed E-state index contributed by atoms with van der Waals surface area (Å²) >= 11 is 0. The number of aryl methyl sites for hydroxylation is 2. The molecule has 0 bridgehead atoms. The van der Waals surface area contributed by atoms with Crippen molar-refractivity contribution in [3.8, 4) is 0 Å². The molecular weight excluding hydrogens is 230 g/mol. The third-order valence-electron chi connectivity index (χ3n) is 4.95. The van der Waals surface area contributed by atoms with Gasteiger partial charge in [-0.2, -0.15) is 0 Å². The highest BCUT2D eigenvalue weighted by Crippen LogP contribution is 2.48. The van der Waals surface area contributed by atoms with E-state index in [1.165, 1.54) is 35.1 Å². The zero-order valence-electron chi connectivity index (χ0n) is 13.4. The first kappa shape index (κ1) is 14.6. The summed E-state index contributed by atoms with van der Waals surface area (Å²) in [4.78, 5) is 0. The maximum absolute atomic E-state index is 3.81. The largest absolute Gasteiger partial charge is 0.310 e. The van der Waals surface area contributed by atoms with E-state index < -0.39 is 0 Å². The van der Waals surface area contributed by atoms with Gasteiger partial charge in [0, 0.05) is 6.04 Å². The highest BCUT2D eigenvalue weighted by atomic mass is 14.9. The first-order chi connectivity index (χ1) is 8.97. The van der Waals surface area contributed by atoms with Crippen LogP contribution in [0.4, 0.5) is 0 Å². The summed E-state index contributed by atoms with van der Waals surface area (Å²) in [6, 6.07) is 2.90. The third-order valence-corrected chi connectivity index (χ3v) is 4.95. The van der Waals surface area contributed by atoms with Crippen molar-refractivity contribution in [1.29, 1.82) is 0 Å². The highest BCUT2D eigenvalue weighted by Gasteiger charge is 2.41. The Labute approximate surface area is 118 Å². The second-order valence-corrected chi connectivity index (χ2v) is 6.48. The number of nitrogens with one attached hydrogen (secondary N) is 1. The van der Waals surface area contributed by atoms with Crippen LogP contribution in [-0.4, -0.2) is 6.54 Å². The lowest BCUT2D eigenvalue weighted by Gasteiger charge is -2.25. The van der Waals surface area contributed by atoms with Gasteiger partial charge in [-0.05, 0) is 86.7 Å². The highest BCUT2D eigenvalue weighted by molar-refractivity contribution is 5.46. The van der Waals surface area contributed by atoms with Crippen molar-refractivity contribution in [1.82, 2.24) is 5.32 Å². The molecule has 0 amide bonds. The van der Waals surface area contributed by atoms with Crippen LogP contribution in [0.5, 0.6) is 0 Å². The van der Waals surface area contributed by atoms with Gasteiger partial charge in [-0.25, -0.2) is 0 Å². The van der Waals surface area contributed by atoms with E-state index in [9.17, 15) is 0 Å². The van der Waals surface area contributed by atoms with Gasteiger partial charge in [-0.15, -0.1) is 0 Å². The van der Waals surface area contributed by atoms with E-state index in [1.807, 2.05) is 0 Å². The van der Waals surface area contributed by atoms with Crippen molar-refractivity contribution < 1.29 is 0 Å². The summed E-state index contributed by atoms with van der Waals surface area (Å²) < 4.78 is 0. The molecule has 0 spiro atoms. The van der Waals surface area contributed by atoms with Gasteiger partial charge in [-0.1, -0.05) is 19.9 Å². The molecule has 0 aliphatic heterocycles. The molecule has 1 aliphatic carbocycles. The molecule has 1 aromatic rings. The fourth-order valence-corrected chi connectivity index (χ4v) is 3.30. The van der Waals surface area contributed by atoms with Gasteiger partial charge < -0.3 is 5.32 Å². The zero-order chi connectivity index (χ0) is 14.2. The molecule has 3 unspecified atom stereocenters. The van der Waals surface area contributed by atoms with E-state index in [0.717, 1.165) is 18.4 Å². The second-order valence-electron chi connectivity index (χ2n) is 6.48. The van der Waals surface area contributed by atoms with E-state index in [0.29, 0.717) is 6.04 Å². The van der Waals surface area contributed by atoms with Crippen LogP contribution in [-0.2, 0) is 0 Å². The second kappa shape index (κ2) is 5.66. The number of benzene rings is 1. The van der Waals surface area contributed by atoms with Crippen LogP contribution in [0.2, 0.25) is 0 Å². The summed E-state index contributed by atoms with van der Waals surface area (Å²) in [7, 11) is 0. The summed E-state index contributed by atoms with van der Waals surface area (Å²) in [5.41, 5.74) is 7.45. The molecule has 0 radical (unpaired) electrons. The summed E-state index contributed by atoms with van der Waals surface area (Å²) in [5.74, 6) is 1.72. The molecule has 1 N–H and O–H groups in total. The van der Waals surface area contributed by atoms with Crippen molar-refractivity contribution >= 4 is 0 Å². The van der Waals surface area contributed by atoms with Crippen LogP contribution in [0, 0.1) is 39.5 Å². The fourth-order valence-electron chi connectivity index (χ4n) is 3.30. The van der Waals surface area contributed by atoms with Crippen LogP contribution in [0.25, 0.3) is 0 Å². The molecule has 19 heavy (non-hydrogen) atoms. The Morgan fingerprint density at radius 2 is 1.68 bits per heavy atom. The monoisotopic (exact) mass is 259 g/mol. The van der Waals surface area contributed by atoms with Gasteiger partial charge in [0.2, 0.25) is 0 Å². The van der Waals surface area contributed by atoms with Crippen LogP contribution in [0.1, 0.15) is 60.5 Å². The molecule has 1 heteroatoms. The molecule has 106 valence electrons.